The van der Waals surface area contributed by atoms with Gasteiger partial charge in [0, 0.05) is 18.6 Å². The van der Waals surface area contributed by atoms with Gasteiger partial charge in [-0.15, -0.1) is 0 Å². The summed E-state index contributed by atoms with van der Waals surface area (Å²) in [5.41, 5.74) is 1.02. The molecule has 0 atom stereocenters. The van der Waals surface area contributed by atoms with Gasteiger partial charge in [-0.05, 0) is 42.8 Å². The molecule has 0 fully saturated rings. The van der Waals surface area contributed by atoms with Crippen LogP contribution in [0.3, 0.4) is 0 Å². The van der Waals surface area contributed by atoms with Gasteiger partial charge in [0.05, 0.1) is 4.90 Å². The fourth-order valence-corrected chi connectivity index (χ4v) is 3.19. The van der Waals surface area contributed by atoms with Crippen LogP contribution in [0.4, 0.5) is 0 Å². The molecule has 2 rings (SSSR count). The van der Waals surface area contributed by atoms with Gasteiger partial charge < -0.3 is 4.74 Å². The zero-order chi connectivity index (χ0) is 16.2. The third-order valence-corrected chi connectivity index (χ3v) is 5.40. The standard InChI is InChI=1S/C16H18ClNO3S/c1-13-5-3-4-6-16(13)21-12-11-18(2)22(19,20)15-9-7-14(17)8-10-15/h3-10H,11-12H2,1-2H3. The van der Waals surface area contributed by atoms with E-state index in [1.165, 1.54) is 23.5 Å². The normalized spacial score (nSPS) is 11.6. The summed E-state index contributed by atoms with van der Waals surface area (Å²) in [6.45, 7) is 2.50. The Bertz CT molecular complexity index is 729. The van der Waals surface area contributed by atoms with Crippen molar-refractivity contribution in [3.63, 3.8) is 0 Å². The number of hydrogen-bond acceptors (Lipinski definition) is 3. The molecule has 0 aliphatic carbocycles. The smallest absolute Gasteiger partial charge is 0.242 e. The molecule has 0 spiro atoms. The predicted octanol–water partition coefficient (Wildman–Crippen LogP) is 3.35. The number of benzene rings is 2. The molecule has 0 radical (unpaired) electrons. The highest BCUT2D eigenvalue weighted by Gasteiger charge is 2.20. The van der Waals surface area contributed by atoms with Crippen LogP contribution in [0.2, 0.25) is 5.02 Å². The van der Waals surface area contributed by atoms with Crippen molar-refractivity contribution in [2.45, 2.75) is 11.8 Å². The van der Waals surface area contributed by atoms with Gasteiger partial charge in [0.1, 0.15) is 12.4 Å². The maximum Gasteiger partial charge on any atom is 0.242 e. The number of sulfonamides is 1. The molecule has 0 unspecified atom stereocenters. The minimum absolute atomic E-state index is 0.218. The van der Waals surface area contributed by atoms with Gasteiger partial charge in [-0.25, -0.2) is 8.42 Å². The van der Waals surface area contributed by atoms with Crippen molar-refractivity contribution >= 4 is 21.6 Å². The van der Waals surface area contributed by atoms with Gasteiger partial charge >= 0.3 is 0 Å². The molecule has 4 nitrogen and oxygen atoms in total. The van der Waals surface area contributed by atoms with Gasteiger partial charge in [0.25, 0.3) is 0 Å². The summed E-state index contributed by atoms with van der Waals surface area (Å²) >= 11 is 5.78. The lowest BCUT2D eigenvalue weighted by molar-refractivity contribution is 0.285. The van der Waals surface area contributed by atoms with E-state index in [1.807, 2.05) is 31.2 Å². The Labute approximate surface area is 136 Å². The summed E-state index contributed by atoms with van der Waals surface area (Å²) in [5.74, 6) is 0.764. The fourth-order valence-electron chi connectivity index (χ4n) is 1.91. The van der Waals surface area contributed by atoms with Gasteiger partial charge in [-0.1, -0.05) is 29.8 Å². The van der Waals surface area contributed by atoms with Crippen LogP contribution in [0.1, 0.15) is 5.56 Å². The second-order valence-corrected chi connectivity index (χ2v) is 7.38. The van der Waals surface area contributed by atoms with Crippen molar-refractivity contribution in [3.8, 4) is 5.75 Å². The zero-order valence-electron chi connectivity index (χ0n) is 12.5. The van der Waals surface area contributed by atoms with Crippen molar-refractivity contribution in [1.82, 2.24) is 4.31 Å². The van der Waals surface area contributed by atoms with Crippen molar-refractivity contribution < 1.29 is 13.2 Å². The SMILES string of the molecule is Cc1ccccc1OCCN(C)S(=O)(=O)c1ccc(Cl)cc1. The first-order chi connectivity index (χ1) is 10.4. The second-order valence-electron chi connectivity index (χ2n) is 4.89. The number of aryl methyl sites for hydroxylation is 1. The highest BCUT2D eigenvalue weighted by atomic mass is 35.5. The molecule has 0 heterocycles. The van der Waals surface area contributed by atoms with Crippen molar-refractivity contribution in [3.05, 3.63) is 59.1 Å². The highest BCUT2D eigenvalue weighted by molar-refractivity contribution is 7.89. The van der Waals surface area contributed by atoms with Crippen LogP contribution in [-0.2, 0) is 10.0 Å². The Morgan fingerprint density at radius 1 is 1.09 bits per heavy atom. The molecule has 0 saturated heterocycles. The van der Waals surface area contributed by atoms with E-state index in [0.29, 0.717) is 5.02 Å². The molecular formula is C16H18ClNO3S. The van der Waals surface area contributed by atoms with Crippen molar-refractivity contribution in [2.75, 3.05) is 20.2 Å². The average Bonchev–Trinajstić information content (AvgIpc) is 2.49. The summed E-state index contributed by atoms with van der Waals surface area (Å²) < 4.78 is 31.7. The monoisotopic (exact) mass is 339 g/mol. The summed E-state index contributed by atoms with van der Waals surface area (Å²) in [4.78, 5) is 0.218. The third kappa shape index (κ3) is 4.00. The average molecular weight is 340 g/mol. The Hall–Kier alpha value is -1.56. The van der Waals surface area contributed by atoms with Gasteiger partial charge in [0.2, 0.25) is 10.0 Å². The lowest BCUT2D eigenvalue weighted by Crippen LogP contribution is -2.31. The zero-order valence-corrected chi connectivity index (χ0v) is 14.1. The molecule has 6 heteroatoms. The van der Waals surface area contributed by atoms with Crippen molar-refractivity contribution in [1.29, 1.82) is 0 Å². The summed E-state index contributed by atoms with van der Waals surface area (Å²) in [6, 6.07) is 13.7. The minimum Gasteiger partial charge on any atom is -0.492 e. The van der Waals surface area contributed by atoms with Crippen LogP contribution in [0.5, 0.6) is 5.75 Å². The number of hydrogen-bond donors (Lipinski definition) is 0. The molecule has 0 saturated carbocycles. The first kappa shape index (κ1) is 16.8. The highest BCUT2D eigenvalue weighted by Crippen LogP contribution is 2.18. The van der Waals surface area contributed by atoms with Crippen molar-refractivity contribution in [2.24, 2.45) is 0 Å². The van der Waals surface area contributed by atoms with Crippen LogP contribution in [0.15, 0.2) is 53.4 Å². The lowest BCUT2D eigenvalue weighted by Gasteiger charge is -2.18. The maximum atomic E-state index is 12.4. The second kappa shape index (κ2) is 7.13. The Balaban J connectivity index is 1.98. The topological polar surface area (TPSA) is 46.6 Å². The molecule has 2 aromatic rings. The Kier molecular flexibility index (Phi) is 5.45. The van der Waals surface area contributed by atoms with Crippen LogP contribution in [0.25, 0.3) is 0 Å². The first-order valence-electron chi connectivity index (χ1n) is 6.81. The van der Waals surface area contributed by atoms with E-state index in [9.17, 15) is 8.42 Å². The maximum absolute atomic E-state index is 12.4. The van der Waals surface area contributed by atoms with E-state index in [-0.39, 0.29) is 18.0 Å². The molecule has 0 aromatic heterocycles. The molecule has 118 valence electrons. The predicted molar refractivity (Wildman–Crippen MR) is 87.9 cm³/mol. The van der Waals surface area contributed by atoms with Gasteiger partial charge in [0.15, 0.2) is 0 Å². The summed E-state index contributed by atoms with van der Waals surface area (Å²) in [5, 5.41) is 0.504. The fraction of sp³-hybridized carbons (Fsp3) is 0.250. The lowest BCUT2D eigenvalue weighted by atomic mass is 10.2. The number of ether oxygens (including phenoxy) is 1. The molecule has 0 N–H and O–H groups in total. The molecule has 22 heavy (non-hydrogen) atoms. The van der Waals surface area contributed by atoms with E-state index in [0.717, 1.165) is 11.3 Å². The van der Waals surface area contributed by atoms with E-state index in [4.69, 9.17) is 16.3 Å². The summed E-state index contributed by atoms with van der Waals surface area (Å²) in [7, 11) is -1.99. The molecule has 0 bridgehead atoms. The van der Waals surface area contributed by atoms with E-state index < -0.39 is 10.0 Å². The van der Waals surface area contributed by atoms with Crippen LogP contribution in [0, 0.1) is 6.92 Å². The number of nitrogens with zero attached hydrogens (tertiary/aromatic N) is 1. The van der Waals surface area contributed by atoms with Crippen LogP contribution in [-0.4, -0.2) is 32.9 Å². The van der Waals surface area contributed by atoms with E-state index >= 15 is 0 Å². The quantitative estimate of drug-likeness (QED) is 0.810. The largest absolute Gasteiger partial charge is 0.492 e. The Morgan fingerprint density at radius 3 is 2.36 bits per heavy atom. The summed E-state index contributed by atoms with van der Waals surface area (Å²) in [6.07, 6.45) is 0. The number of halogens is 1. The van der Waals surface area contributed by atoms with E-state index in [1.54, 1.807) is 12.1 Å². The molecular weight excluding hydrogens is 322 g/mol. The van der Waals surface area contributed by atoms with Crippen LogP contribution >= 0.6 is 11.6 Å². The molecule has 0 aliphatic rings. The molecule has 0 amide bonds. The molecule has 0 aliphatic heterocycles. The van der Waals surface area contributed by atoms with E-state index in [2.05, 4.69) is 0 Å². The molecule has 2 aromatic carbocycles. The number of likely N-dealkylation sites (N-methyl/N-ethyl adjacent to an activating group) is 1. The number of para-hydroxylation sites is 1. The minimum atomic E-state index is -3.53. The number of rotatable bonds is 6. The van der Waals surface area contributed by atoms with Gasteiger partial charge in [-0.2, -0.15) is 4.31 Å². The Morgan fingerprint density at radius 2 is 1.73 bits per heavy atom. The van der Waals surface area contributed by atoms with Gasteiger partial charge in [-0.3, -0.25) is 0 Å². The van der Waals surface area contributed by atoms with Crippen LogP contribution < -0.4 is 4.74 Å². The first-order valence-corrected chi connectivity index (χ1v) is 8.63. The third-order valence-electron chi connectivity index (χ3n) is 3.28.